The van der Waals surface area contributed by atoms with E-state index in [4.69, 9.17) is 4.74 Å². The first-order valence-corrected chi connectivity index (χ1v) is 11.7. The number of nitrogens with zero attached hydrogens (tertiary/aromatic N) is 1. The molecule has 1 aliphatic rings. The van der Waals surface area contributed by atoms with Gasteiger partial charge in [-0.15, -0.1) is 0 Å². The van der Waals surface area contributed by atoms with Crippen LogP contribution in [0.15, 0.2) is 102 Å². The van der Waals surface area contributed by atoms with E-state index in [9.17, 15) is 9.90 Å². The molecule has 33 heavy (non-hydrogen) atoms. The third kappa shape index (κ3) is 5.11. The highest BCUT2D eigenvalue weighted by Gasteiger charge is 2.44. The zero-order valence-corrected chi connectivity index (χ0v) is 19.1. The third-order valence-corrected chi connectivity index (χ3v) is 6.24. The minimum atomic E-state index is -0.908. The van der Waals surface area contributed by atoms with Crippen molar-refractivity contribution in [2.75, 3.05) is 11.4 Å². The standard InChI is InChI=1S/C29H31NO3/c1-2-3-21-30(25-17-11-6-12-18-25)27-26(31)22-29(33-28(27)32,24-15-9-5-10-16-24)20-19-23-13-7-4-8-14-23/h4-18,31H,2-3,19-22H2,1H3. The maximum atomic E-state index is 13.5. The Morgan fingerprint density at radius 3 is 2.12 bits per heavy atom. The molecule has 0 fully saturated rings. The summed E-state index contributed by atoms with van der Waals surface area (Å²) in [6.45, 7) is 2.75. The summed E-state index contributed by atoms with van der Waals surface area (Å²) in [6.07, 6.45) is 3.46. The summed E-state index contributed by atoms with van der Waals surface area (Å²) in [7, 11) is 0. The topological polar surface area (TPSA) is 49.8 Å². The number of ether oxygens (including phenoxy) is 1. The molecule has 0 saturated heterocycles. The van der Waals surface area contributed by atoms with Crippen molar-refractivity contribution in [2.45, 2.75) is 44.6 Å². The van der Waals surface area contributed by atoms with E-state index in [1.165, 1.54) is 5.56 Å². The van der Waals surface area contributed by atoms with Crippen LogP contribution in [0, 0.1) is 0 Å². The van der Waals surface area contributed by atoms with Gasteiger partial charge in [0.15, 0.2) is 5.70 Å². The van der Waals surface area contributed by atoms with Crippen LogP contribution in [-0.4, -0.2) is 17.6 Å². The van der Waals surface area contributed by atoms with E-state index in [0.717, 1.165) is 30.5 Å². The molecular formula is C29H31NO3. The zero-order chi connectivity index (χ0) is 23.1. The number of aryl methyl sites for hydroxylation is 1. The Hall–Kier alpha value is -3.53. The SMILES string of the molecule is CCCCN(C1=C(O)CC(CCc2ccccc2)(c2ccccc2)OC1=O)c1ccccc1. The molecule has 1 atom stereocenters. The van der Waals surface area contributed by atoms with Crippen LogP contribution >= 0.6 is 0 Å². The largest absolute Gasteiger partial charge is 0.510 e. The summed E-state index contributed by atoms with van der Waals surface area (Å²) in [5.74, 6) is -0.390. The molecule has 4 heteroatoms. The van der Waals surface area contributed by atoms with Gasteiger partial charge in [-0.1, -0.05) is 92.2 Å². The van der Waals surface area contributed by atoms with Crippen LogP contribution in [0.2, 0.25) is 0 Å². The molecule has 1 unspecified atom stereocenters. The van der Waals surface area contributed by atoms with Gasteiger partial charge in [-0.25, -0.2) is 4.79 Å². The lowest BCUT2D eigenvalue weighted by molar-refractivity contribution is -0.161. The van der Waals surface area contributed by atoms with Gasteiger partial charge in [0.2, 0.25) is 0 Å². The number of hydrogen-bond acceptors (Lipinski definition) is 4. The molecule has 1 heterocycles. The van der Waals surface area contributed by atoms with Crippen LogP contribution in [0.3, 0.4) is 0 Å². The van der Waals surface area contributed by atoms with E-state index in [1.54, 1.807) is 0 Å². The fourth-order valence-corrected chi connectivity index (χ4v) is 4.47. The highest BCUT2D eigenvalue weighted by molar-refractivity contribution is 5.94. The summed E-state index contributed by atoms with van der Waals surface area (Å²) >= 11 is 0. The van der Waals surface area contributed by atoms with Crippen LogP contribution < -0.4 is 4.90 Å². The van der Waals surface area contributed by atoms with Gasteiger partial charge in [0.25, 0.3) is 0 Å². The van der Waals surface area contributed by atoms with Crippen molar-refractivity contribution in [3.8, 4) is 0 Å². The monoisotopic (exact) mass is 441 g/mol. The number of aliphatic hydroxyl groups is 1. The minimum absolute atomic E-state index is 0.0862. The Kier molecular flexibility index (Phi) is 7.13. The van der Waals surface area contributed by atoms with E-state index < -0.39 is 11.6 Å². The van der Waals surface area contributed by atoms with Crippen molar-refractivity contribution in [3.05, 3.63) is 114 Å². The van der Waals surface area contributed by atoms with Gasteiger partial charge >= 0.3 is 5.97 Å². The van der Waals surface area contributed by atoms with Gasteiger partial charge in [-0.3, -0.25) is 0 Å². The van der Waals surface area contributed by atoms with Gasteiger partial charge in [0.05, 0.1) is 6.42 Å². The van der Waals surface area contributed by atoms with E-state index in [1.807, 2.05) is 83.8 Å². The Morgan fingerprint density at radius 2 is 1.52 bits per heavy atom. The van der Waals surface area contributed by atoms with Crippen molar-refractivity contribution in [1.29, 1.82) is 0 Å². The quantitative estimate of drug-likeness (QED) is 0.383. The number of benzene rings is 3. The summed E-state index contributed by atoms with van der Waals surface area (Å²) < 4.78 is 6.25. The summed E-state index contributed by atoms with van der Waals surface area (Å²) in [4.78, 5) is 15.4. The van der Waals surface area contributed by atoms with E-state index >= 15 is 0 Å². The van der Waals surface area contributed by atoms with Gasteiger partial charge < -0.3 is 14.7 Å². The first kappa shape index (κ1) is 22.7. The number of carbonyl (C=O) groups is 1. The predicted octanol–water partition coefficient (Wildman–Crippen LogP) is 6.54. The number of carbonyl (C=O) groups excluding carboxylic acids is 1. The molecule has 1 N–H and O–H groups in total. The van der Waals surface area contributed by atoms with E-state index in [-0.39, 0.29) is 17.9 Å². The first-order chi connectivity index (χ1) is 16.1. The lowest BCUT2D eigenvalue weighted by atomic mass is 9.82. The number of cyclic esters (lactones) is 1. The molecule has 0 aliphatic carbocycles. The van der Waals surface area contributed by atoms with Crippen molar-refractivity contribution in [3.63, 3.8) is 0 Å². The molecule has 1 aliphatic heterocycles. The zero-order valence-electron chi connectivity index (χ0n) is 19.1. The molecule has 4 nitrogen and oxygen atoms in total. The number of anilines is 1. The molecule has 4 rings (SSSR count). The Balaban J connectivity index is 1.70. The number of rotatable bonds is 9. The second-order valence-corrected chi connectivity index (χ2v) is 8.55. The molecular weight excluding hydrogens is 410 g/mol. The third-order valence-electron chi connectivity index (χ3n) is 6.24. The van der Waals surface area contributed by atoms with Crippen LogP contribution in [0.5, 0.6) is 0 Å². The fraction of sp³-hybridized carbons (Fsp3) is 0.276. The first-order valence-electron chi connectivity index (χ1n) is 11.7. The average molecular weight is 442 g/mol. The van der Waals surface area contributed by atoms with Gasteiger partial charge in [-0.05, 0) is 42.5 Å². The summed E-state index contributed by atoms with van der Waals surface area (Å²) in [5.41, 5.74) is 2.29. The lowest BCUT2D eigenvalue weighted by Gasteiger charge is -2.40. The molecule has 0 radical (unpaired) electrons. The second kappa shape index (κ2) is 10.4. The predicted molar refractivity (Wildman–Crippen MR) is 132 cm³/mol. The number of para-hydroxylation sites is 1. The highest BCUT2D eigenvalue weighted by Crippen LogP contribution is 2.42. The highest BCUT2D eigenvalue weighted by atomic mass is 16.6. The van der Waals surface area contributed by atoms with Crippen LogP contribution in [-0.2, 0) is 21.6 Å². The molecule has 0 aromatic heterocycles. The van der Waals surface area contributed by atoms with Crippen molar-refractivity contribution >= 4 is 11.7 Å². The smallest absolute Gasteiger partial charge is 0.359 e. The van der Waals surface area contributed by atoms with Gasteiger partial charge in [0.1, 0.15) is 11.4 Å². The second-order valence-electron chi connectivity index (χ2n) is 8.55. The molecule has 0 amide bonds. The molecule has 0 bridgehead atoms. The Labute approximate surface area is 196 Å². The number of esters is 1. The van der Waals surface area contributed by atoms with E-state index in [2.05, 4.69) is 19.1 Å². The minimum Gasteiger partial charge on any atom is -0.510 e. The normalized spacial score (nSPS) is 18.2. The number of unbranched alkanes of at least 4 members (excludes halogenated alkanes) is 1. The average Bonchev–Trinajstić information content (AvgIpc) is 2.86. The Morgan fingerprint density at radius 1 is 0.909 bits per heavy atom. The van der Waals surface area contributed by atoms with Gasteiger partial charge in [0, 0.05) is 12.2 Å². The van der Waals surface area contributed by atoms with Crippen LogP contribution in [0.1, 0.15) is 43.7 Å². The van der Waals surface area contributed by atoms with E-state index in [0.29, 0.717) is 13.0 Å². The maximum Gasteiger partial charge on any atom is 0.359 e. The molecule has 3 aromatic carbocycles. The summed E-state index contributed by atoms with van der Waals surface area (Å²) in [5, 5.41) is 11.3. The number of hydrogen-bond donors (Lipinski definition) is 1. The molecule has 170 valence electrons. The summed E-state index contributed by atoms with van der Waals surface area (Å²) in [6, 6.07) is 29.7. The van der Waals surface area contributed by atoms with Crippen molar-refractivity contribution < 1.29 is 14.6 Å². The Bertz CT molecular complexity index is 1080. The molecule has 3 aromatic rings. The van der Waals surface area contributed by atoms with Crippen molar-refractivity contribution in [2.24, 2.45) is 0 Å². The molecule has 0 saturated carbocycles. The molecule has 0 spiro atoms. The lowest BCUT2D eigenvalue weighted by Crippen LogP contribution is -2.43. The number of aliphatic hydroxyl groups excluding tert-OH is 1. The van der Waals surface area contributed by atoms with Crippen LogP contribution in [0.25, 0.3) is 0 Å². The maximum absolute atomic E-state index is 13.5. The van der Waals surface area contributed by atoms with Gasteiger partial charge in [-0.2, -0.15) is 0 Å². The van der Waals surface area contributed by atoms with Crippen molar-refractivity contribution in [1.82, 2.24) is 0 Å². The van der Waals surface area contributed by atoms with Crippen LogP contribution in [0.4, 0.5) is 5.69 Å². The fourth-order valence-electron chi connectivity index (χ4n) is 4.47.